The van der Waals surface area contributed by atoms with Crippen molar-refractivity contribution in [3.63, 3.8) is 0 Å². The summed E-state index contributed by atoms with van der Waals surface area (Å²) in [5, 5.41) is 17.8. The molecule has 8 N–H and O–H groups in total. The van der Waals surface area contributed by atoms with Gasteiger partial charge in [-0.2, -0.15) is 11.8 Å². The molecule has 0 spiro atoms. The van der Waals surface area contributed by atoms with E-state index in [1.165, 1.54) is 31.0 Å². The number of nitrogens with one attached hydrogen (secondary N) is 3. The van der Waals surface area contributed by atoms with Gasteiger partial charge < -0.3 is 37.3 Å². The second-order valence-electron chi connectivity index (χ2n) is 14.7. The number of methoxy groups -OCH3 is 1. The molecule has 50 heavy (non-hydrogen) atoms. The summed E-state index contributed by atoms with van der Waals surface area (Å²) in [4.78, 5) is 67.9. The monoisotopic (exact) mass is 709 g/mol. The van der Waals surface area contributed by atoms with Crippen molar-refractivity contribution in [3.05, 3.63) is 54.1 Å². The van der Waals surface area contributed by atoms with Crippen molar-refractivity contribution in [1.29, 1.82) is 0 Å². The van der Waals surface area contributed by atoms with E-state index in [0.717, 1.165) is 12.0 Å². The van der Waals surface area contributed by atoms with Crippen LogP contribution < -0.4 is 27.4 Å². The first-order valence-corrected chi connectivity index (χ1v) is 18.9. The van der Waals surface area contributed by atoms with Gasteiger partial charge >= 0.3 is 5.97 Å². The Morgan fingerprint density at radius 1 is 1.00 bits per heavy atom. The summed E-state index contributed by atoms with van der Waals surface area (Å²) in [5.41, 5.74) is 12.1. The van der Waals surface area contributed by atoms with E-state index in [9.17, 15) is 29.1 Å². The van der Waals surface area contributed by atoms with Crippen LogP contribution >= 0.6 is 11.8 Å². The Bertz CT molecular complexity index is 1480. The number of amides is 3. The van der Waals surface area contributed by atoms with Gasteiger partial charge in [0.25, 0.3) is 0 Å². The van der Waals surface area contributed by atoms with Crippen LogP contribution in [0.25, 0.3) is 0 Å². The summed E-state index contributed by atoms with van der Waals surface area (Å²) < 4.78 is 5.31. The Morgan fingerprint density at radius 3 is 2.32 bits per heavy atom. The van der Waals surface area contributed by atoms with Gasteiger partial charge in [0.2, 0.25) is 17.7 Å². The number of nitrogens with two attached hydrogens (primary N) is 2. The van der Waals surface area contributed by atoms with E-state index in [0.29, 0.717) is 50.7 Å². The molecular formula is C37H51N5O7S. The van der Waals surface area contributed by atoms with E-state index in [1.807, 2.05) is 30.6 Å². The van der Waals surface area contributed by atoms with Crippen LogP contribution in [0.5, 0.6) is 5.75 Å². The van der Waals surface area contributed by atoms with E-state index < -0.39 is 65.2 Å². The highest BCUT2D eigenvalue weighted by atomic mass is 32.2. The predicted molar refractivity (Wildman–Crippen MR) is 191 cm³/mol. The first-order valence-electron chi connectivity index (χ1n) is 17.5. The van der Waals surface area contributed by atoms with Gasteiger partial charge in [-0.05, 0) is 105 Å². The average Bonchev–Trinajstić information content (AvgIpc) is 3.08. The van der Waals surface area contributed by atoms with Crippen molar-refractivity contribution in [3.8, 4) is 5.75 Å². The Labute approximate surface area is 298 Å². The molecule has 0 saturated heterocycles. The lowest BCUT2D eigenvalue weighted by molar-refractivity contribution is -0.188. The molecule has 6 rings (SSSR count). The lowest BCUT2D eigenvalue weighted by Crippen LogP contribution is -2.72. The molecule has 4 fully saturated rings. The summed E-state index contributed by atoms with van der Waals surface area (Å²) in [6.45, 7) is -0.418. The molecule has 4 unspecified atom stereocenters. The summed E-state index contributed by atoms with van der Waals surface area (Å²) in [6, 6.07) is 3.55. The predicted octanol–water partition coefficient (Wildman–Crippen LogP) is 1.89. The molecule has 0 aromatic heterocycles. The van der Waals surface area contributed by atoms with Crippen molar-refractivity contribution in [1.82, 2.24) is 16.0 Å². The van der Waals surface area contributed by atoms with Crippen molar-refractivity contribution in [2.24, 2.45) is 40.6 Å². The number of benzene rings is 1. The molecule has 4 bridgehead atoms. The van der Waals surface area contributed by atoms with Crippen LogP contribution in [0.4, 0.5) is 0 Å². The minimum Gasteiger partial charge on any atom is -0.508 e. The molecule has 0 heterocycles. The normalized spacial score (nSPS) is 29.4. The number of ether oxygens (including phenoxy) is 1. The fourth-order valence-electron chi connectivity index (χ4n) is 9.14. The molecule has 0 radical (unpaired) electrons. The van der Waals surface area contributed by atoms with E-state index in [1.54, 1.807) is 12.1 Å². The lowest BCUT2D eigenvalue weighted by Gasteiger charge is -2.63. The van der Waals surface area contributed by atoms with E-state index >= 15 is 0 Å². The van der Waals surface area contributed by atoms with Gasteiger partial charge in [0.05, 0.1) is 37.1 Å². The van der Waals surface area contributed by atoms with Gasteiger partial charge in [-0.1, -0.05) is 36.4 Å². The van der Waals surface area contributed by atoms with Gasteiger partial charge in [0.1, 0.15) is 11.8 Å². The molecule has 1 aromatic carbocycles. The van der Waals surface area contributed by atoms with E-state index in [-0.39, 0.29) is 35.7 Å². The molecule has 272 valence electrons. The number of allylic oxidation sites excluding steroid dienone is 4. The summed E-state index contributed by atoms with van der Waals surface area (Å²) in [7, 11) is 1.35. The third-order valence-electron chi connectivity index (χ3n) is 11.0. The smallest absolute Gasteiger partial charge is 0.312 e. The fraction of sp³-hybridized carbons (Fsp3) is 0.595. The standard InChI is InChI=1S/C37H51N5O7S/c1-49-35(48)36-17-24-14-25(18-36)20-37(39,19-24)32(36)31(45)29(16-22-6-4-3-5-7-22)41-30(44)21-40-34(47)28(12-13-50-2)42-33(46)27(38)15-23-8-10-26(43)11-9-23/h3-6,8-11,22,24-25,27-29,32,43H,7,12-21,38-39H2,1-2H3,(H,40,47)(H,41,44)(H,42,46)/t22?,24?,25?,27-,28+,29-,32?,36?,37?/m0/s1. The lowest BCUT2D eigenvalue weighted by atomic mass is 9.41. The molecular weight excluding hydrogens is 659 g/mol. The maximum Gasteiger partial charge on any atom is 0.312 e. The number of phenols is 1. The highest BCUT2D eigenvalue weighted by Gasteiger charge is 2.68. The molecule has 4 saturated carbocycles. The minimum atomic E-state index is -1.02. The van der Waals surface area contributed by atoms with Crippen molar-refractivity contribution < 1.29 is 33.8 Å². The maximum atomic E-state index is 14.7. The largest absolute Gasteiger partial charge is 0.508 e. The van der Waals surface area contributed by atoms with Crippen LogP contribution in [0.2, 0.25) is 0 Å². The number of carbonyl (C=O) groups is 5. The maximum absolute atomic E-state index is 14.7. The molecule has 0 aliphatic heterocycles. The fourth-order valence-corrected chi connectivity index (χ4v) is 9.61. The van der Waals surface area contributed by atoms with Gasteiger partial charge in [-0.3, -0.25) is 24.0 Å². The zero-order valence-corrected chi connectivity index (χ0v) is 29.7. The molecule has 12 nitrogen and oxygen atoms in total. The number of thioether (sulfide) groups is 1. The summed E-state index contributed by atoms with van der Waals surface area (Å²) in [6.07, 6.45) is 14.7. The molecule has 3 amide bonds. The minimum absolute atomic E-state index is 0.0135. The van der Waals surface area contributed by atoms with Crippen LogP contribution in [0.15, 0.2) is 48.6 Å². The van der Waals surface area contributed by atoms with Crippen LogP contribution in [-0.2, 0) is 35.1 Å². The van der Waals surface area contributed by atoms with Gasteiger partial charge in [0, 0.05) is 5.54 Å². The number of esters is 1. The average molecular weight is 710 g/mol. The number of hydrogen-bond donors (Lipinski definition) is 6. The first-order chi connectivity index (χ1) is 23.9. The topological polar surface area (TPSA) is 203 Å². The zero-order valence-electron chi connectivity index (χ0n) is 28.9. The van der Waals surface area contributed by atoms with Crippen LogP contribution in [0, 0.1) is 29.1 Å². The number of Topliss-reactive ketones (excluding diaryl/α,β-unsaturated/α-hetero) is 1. The second-order valence-corrected chi connectivity index (χ2v) is 15.7. The number of aromatic hydroxyl groups is 1. The van der Waals surface area contributed by atoms with Gasteiger partial charge in [0.15, 0.2) is 5.78 Å². The Kier molecular flexibility index (Phi) is 12.1. The Balaban J connectivity index is 1.26. The van der Waals surface area contributed by atoms with Crippen LogP contribution in [0.3, 0.4) is 0 Å². The summed E-state index contributed by atoms with van der Waals surface area (Å²) in [5.74, 6) is -1.91. The quantitative estimate of drug-likeness (QED) is 0.138. The second kappa shape index (κ2) is 16.1. The molecule has 5 aliphatic rings. The Morgan fingerprint density at radius 2 is 1.70 bits per heavy atom. The van der Waals surface area contributed by atoms with Crippen molar-refractivity contribution in [2.45, 2.75) is 81.5 Å². The third kappa shape index (κ3) is 8.43. The van der Waals surface area contributed by atoms with Crippen LogP contribution in [0.1, 0.15) is 56.9 Å². The molecule has 5 aliphatic carbocycles. The zero-order chi connectivity index (χ0) is 36.1. The van der Waals surface area contributed by atoms with Gasteiger partial charge in [-0.15, -0.1) is 0 Å². The van der Waals surface area contributed by atoms with Crippen molar-refractivity contribution in [2.75, 3.05) is 25.7 Å². The highest BCUT2D eigenvalue weighted by Crippen LogP contribution is 2.64. The van der Waals surface area contributed by atoms with E-state index in [2.05, 4.69) is 16.0 Å². The number of ketones is 1. The first kappa shape index (κ1) is 37.6. The molecule has 13 heteroatoms. The Hall–Kier alpha value is -3.68. The van der Waals surface area contributed by atoms with Crippen LogP contribution in [-0.4, -0.2) is 83.9 Å². The molecule has 1 aromatic rings. The van der Waals surface area contributed by atoms with E-state index in [4.69, 9.17) is 16.2 Å². The van der Waals surface area contributed by atoms with Gasteiger partial charge in [-0.25, -0.2) is 0 Å². The van der Waals surface area contributed by atoms with Crippen molar-refractivity contribution >= 4 is 41.2 Å². The summed E-state index contributed by atoms with van der Waals surface area (Å²) >= 11 is 1.51. The SMILES string of the molecule is COC(=O)C12CC3CC(CC(N)(C3)C1C(=O)[C@H](CC1C=CC=CC1)NC(=O)CNC(=O)[C@@H](CCSC)NC(=O)[C@@H](N)Cc1ccc(O)cc1)C2. The molecule has 7 atom stereocenters. The highest BCUT2D eigenvalue weighted by molar-refractivity contribution is 7.98. The number of hydrogen-bond acceptors (Lipinski definition) is 10. The third-order valence-corrected chi connectivity index (χ3v) is 11.6. The number of rotatable bonds is 16. The number of phenolic OH excluding ortho intramolecular Hbond substituents is 1. The number of carbonyl (C=O) groups excluding carboxylic acids is 5.